The van der Waals surface area contributed by atoms with Crippen LogP contribution < -0.4 is 0 Å². The lowest BCUT2D eigenvalue weighted by Crippen LogP contribution is -2.02. The van der Waals surface area contributed by atoms with Gasteiger partial charge in [0.25, 0.3) is 0 Å². The van der Waals surface area contributed by atoms with Gasteiger partial charge in [0.2, 0.25) is 0 Å². The molecule has 0 bridgehead atoms. The molecule has 0 aliphatic heterocycles. The lowest BCUT2D eigenvalue weighted by molar-refractivity contribution is 0.102. The number of phenolic OH excluding ortho intramolecular Hbond substituents is 3. The highest BCUT2D eigenvalue weighted by molar-refractivity contribution is 8.00. The summed E-state index contributed by atoms with van der Waals surface area (Å²) < 4.78 is 0. The van der Waals surface area contributed by atoms with Crippen molar-refractivity contribution >= 4 is 29.3 Å². The fourth-order valence-electron chi connectivity index (χ4n) is 1.71. The van der Waals surface area contributed by atoms with Crippen molar-refractivity contribution in [3.8, 4) is 17.2 Å². The van der Waals surface area contributed by atoms with Gasteiger partial charge in [0.05, 0.1) is 10.6 Å². The smallest absolute Gasteiger partial charge is 0.173 e. The molecule has 0 radical (unpaired) electrons. The fraction of sp³-hybridized carbons (Fsp3) is 0.133. The van der Waals surface area contributed by atoms with Crippen molar-refractivity contribution in [2.75, 3.05) is 12.0 Å². The summed E-state index contributed by atoms with van der Waals surface area (Å²) in [6.45, 7) is 0. The molecule has 0 amide bonds. The maximum atomic E-state index is 12.1. The van der Waals surface area contributed by atoms with Gasteiger partial charge in [0.15, 0.2) is 5.78 Å². The molecule has 0 atom stereocenters. The van der Waals surface area contributed by atoms with Gasteiger partial charge in [-0.05, 0) is 42.7 Å². The topological polar surface area (TPSA) is 77.8 Å². The molecule has 2 aromatic carbocycles. The molecule has 6 heteroatoms. The van der Waals surface area contributed by atoms with E-state index in [0.29, 0.717) is 15.4 Å². The van der Waals surface area contributed by atoms with Crippen LogP contribution in [0.15, 0.2) is 46.2 Å². The molecular weight excluding hydrogens is 308 g/mol. The van der Waals surface area contributed by atoms with Crippen LogP contribution in [0.25, 0.3) is 0 Å². The molecule has 0 heterocycles. The number of carbonyl (C=O) groups is 1. The van der Waals surface area contributed by atoms with E-state index < -0.39 is 0 Å². The molecule has 0 aliphatic carbocycles. The Hall–Kier alpha value is -1.79. The summed E-state index contributed by atoms with van der Waals surface area (Å²) in [5.74, 6) is 0.0786. The number of phenols is 3. The first-order valence-electron chi connectivity index (χ1n) is 6.06. The van der Waals surface area contributed by atoms with Gasteiger partial charge in [-0.3, -0.25) is 4.79 Å². The van der Waals surface area contributed by atoms with Crippen LogP contribution in [0, 0.1) is 0 Å². The molecule has 0 aromatic heterocycles. The Kier molecular flexibility index (Phi) is 5.03. The molecule has 4 nitrogen and oxygen atoms in total. The van der Waals surface area contributed by atoms with E-state index in [1.165, 1.54) is 36.0 Å². The number of Topliss-reactive ketones (excluding diaryl/α,β-unsaturated/α-hetero) is 1. The third kappa shape index (κ3) is 3.86. The van der Waals surface area contributed by atoms with Crippen LogP contribution >= 0.6 is 23.5 Å². The summed E-state index contributed by atoms with van der Waals surface area (Å²) in [6, 6.07) is 8.96. The number of ketones is 1. The van der Waals surface area contributed by atoms with Crippen LogP contribution in [-0.2, 0) is 0 Å². The normalized spacial score (nSPS) is 10.5. The van der Waals surface area contributed by atoms with Crippen molar-refractivity contribution in [3.63, 3.8) is 0 Å². The Labute approximate surface area is 130 Å². The molecule has 3 N–H and O–H groups in total. The van der Waals surface area contributed by atoms with Gasteiger partial charge >= 0.3 is 0 Å². The molecule has 0 spiro atoms. The Bertz CT molecular complexity index is 671. The zero-order chi connectivity index (χ0) is 15.4. The number of aromatic hydroxyl groups is 3. The van der Waals surface area contributed by atoms with Gasteiger partial charge in [0, 0.05) is 10.5 Å². The molecule has 0 aliphatic rings. The van der Waals surface area contributed by atoms with Gasteiger partial charge in [-0.15, -0.1) is 23.5 Å². The summed E-state index contributed by atoms with van der Waals surface area (Å²) >= 11 is 2.54. The van der Waals surface area contributed by atoms with Gasteiger partial charge in [0.1, 0.15) is 17.2 Å². The average Bonchev–Trinajstić information content (AvgIpc) is 2.47. The van der Waals surface area contributed by atoms with Crippen molar-refractivity contribution in [2.24, 2.45) is 0 Å². The van der Waals surface area contributed by atoms with E-state index in [1.807, 2.05) is 6.26 Å². The standard InChI is InChI=1S/C15H14O4S2/c1-20-14-5-2-9(6-12(14)18)13(19)8-21-15-7-10(16)3-4-11(15)17/h2-7,16-18H,8H2,1H3. The lowest BCUT2D eigenvalue weighted by Gasteiger charge is -2.06. The maximum absolute atomic E-state index is 12.1. The second-order valence-electron chi connectivity index (χ2n) is 4.25. The van der Waals surface area contributed by atoms with E-state index in [0.717, 1.165) is 11.8 Å². The van der Waals surface area contributed by atoms with Crippen LogP contribution in [0.4, 0.5) is 0 Å². The zero-order valence-electron chi connectivity index (χ0n) is 11.2. The Balaban J connectivity index is 2.08. The summed E-state index contributed by atoms with van der Waals surface area (Å²) in [5.41, 5.74) is 0.414. The zero-order valence-corrected chi connectivity index (χ0v) is 12.9. The maximum Gasteiger partial charge on any atom is 0.173 e. The third-order valence-corrected chi connectivity index (χ3v) is 4.63. The van der Waals surface area contributed by atoms with E-state index in [1.54, 1.807) is 12.1 Å². The third-order valence-electron chi connectivity index (χ3n) is 2.80. The first-order valence-corrected chi connectivity index (χ1v) is 8.27. The first-order chi connectivity index (χ1) is 10.0. The van der Waals surface area contributed by atoms with Crippen molar-refractivity contribution < 1.29 is 20.1 Å². The fourth-order valence-corrected chi connectivity index (χ4v) is 3.05. The highest BCUT2D eigenvalue weighted by atomic mass is 32.2. The number of thioether (sulfide) groups is 2. The summed E-state index contributed by atoms with van der Waals surface area (Å²) in [5, 5.41) is 28.8. The van der Waals surface area contributed by atoms with E-state index in [4.69, 9.17) is 0 Å². The highest BCUT2D eigenvalue weighted by Crippen LogP contribution is 2.32. The van der Waals surface area contributed by atoms with Crippen molar-refractivity contribution in [2.45, 2.75) is 9.79 Å². The van der Waals surface area contributed by atoms with Crippen LogP contribution in [0.3, 0.4) is 0 Å². The van der Waals surface area contributed by atoms with Crippen LogP contribution in [0.2, 0.25) is 0 Å². The number of hydrogen-bond acceptors (Lipinski definition) is 6. The molecule has 0 saturated carbocycles. The summed E-state index contributed by atoms with van der Waals surface area (Å²) in [4.78, 5) is 13.2. The van der Waals surface area contributed by atoms with Crippen LogP contribution in [0.5, 0.6) is 17.2 Å². The number of hydrogen-bond donors (Lipinski definition) is 3. The summed E-state index contributed by atoms with van der Waals surface area (Å²) in [7, 11) is 0. The van der Waals surface area contributed by atoms with E-state index in [-0.39, 0.29) is 28.8 Å². The summed E-state index contributed by atoms with van der Waals surface area (Å²) in [6.07, 6.45) is 1.84. The minimum Gasteiger partial charge on any atom is -0.508 e. The van der Waals surface area contributed by atoms with Crippen LogP contribution in [0.1, 0.15) is 10.4 Å². The minimum absolute atomic E-state index is 0.0196. The predicted molar refractivity (Wildman–Crippen MR) is 84.7 cm³/mol. The van der Waals surface area contributed by atoms with Gasteiger partial charge < -0.3 is 15.3 Å². The highest BCUT2D eigenvalue weighted by Gasteiger charge is 2.11. The first kappa shape index (κ1) is 15.6. The number of benzene rings is 2. The minimum atomic E-state index is -0.161. The van der Waals surface area contributed by atoms with Gasteiger partial charge in [-0.2, -0.15) is 0 Å². The van der Waals surface area contributed by atoms with Crippen LogP contribution in [-0.4, -0.2) is 33.1 Å². The molecule has 21 heavy (non-hydrogen) atoms. The number of rotatable bonds is 5. The van der Waals surface area contributed by atoms with Gasteiger partial charge in [-0.25, -0.2) is 0 Å². The molecule has 2 rings (SSSR count). The molecule has 0 unspecified atom stereocenters. The van der Waals surface area contributed by atoms with E-state index in [2.05, 4.69) is 0 Å². The number of carbonyl (C=O) groups excluding carboxylic acids is 1. The molecular formula is C15H14O4S2. The monoisotopic (exact) mass is 322 g/mol. The second-order valence-corrected chi connectivity index (χ2v) is 6.12. The largest absolute Gasteiger partial charge is 0.508 e. The Morgan fingerprint density at radius 3 is 2.43 bits per heavy atom. The Morgan fingerprint density at radius 2 is 1.76 bits per heavy atom. The van der Waals surface area contributed by atoms with E-state index >= 15 is 0 Å². The predicted octanol–water partition coefficient (Wildman–Crippen LogP) is 3.50. The molecule has 2 aromatic rings. The average molecular weight is 322 g/mol. The lowest BCUT2D eigenvalue weighted by atomic mass is 10.1. The quantitative estimate of drug-likeness (QED) is 0.444. The molecule has 110 valence electrons. The molecule has 0 fully saturated rings. The van der Waals surface area contributed by atoms with Crippen molar-refractivity contribution in [3.05, 3.63) is 42.0 Å². The second kappa shape index (κ2) is 6.78. The van der Waals surface area contributed by atoms with E-state index in [9.17, 15) is 20.1 Å². The molecule has 0 saturated heterocycles. The SMILES string of the molecule is CSc1ccc(C(=O)CSc2cc(O)ccc2O)cc1O. The van der Waals surface area contributed by atoms with Gasteiger partial charge in [-0.1, -0.05) is 0 Å². The Morgan fingerprint density at radius 1 is 1.00 bits per heavy atom. The van der Waals surface area contributed by atoms with Crippen molar-refractivity contribution in [1.29, 1.82) is 0 Å². The van der Waals surface area contributed by atoms with Crippen molar-refractivity contribution in [1.82, 2.24) is 0 Å².